The third-order valence-electron chi connectivity index (χ3n) is 3.23. The molecule has 0 saturated carbocycles. The van der Waals surface area contributed by atoms with E-state index < -0.39 is 0 Å². The summed E-state index contributed by atoms with van der Waals surface area (Å²) in [4.78, 5) is 12.9. The predicted octanol–water partition coefficient (Wildman–Crippen LogP) is 2.39. The fourth-order valence-electron chi connectivity index (χ4n) is 1.94. The molecule has 0 bridgehead atoms. The first kappa shape index (κ1) is 13.6. The summed E-state index contributed by atoms with van der Waals surface area (Å²) in [6, 6.07) is 0. The summed E-state index contributed by atoms with van der Waals surface area (Å²) in [5.41, 5.74) is 2.29. The third kappa shape index (κ3) is 3.56. The predicted molar refractivity (Wildman–Crippen MR) is 73.7 cm³/mol. The van der Waals surface area contributed by atoms with Crippen LogP contribution >= 0.6 is 0 Å². The second kappa shape index (κ2) is 5.87. The third-order valence-corrected chi connectivity index (χ3v) is 3.23. The minimum atomic E-state index is 0.382. The summed E-state index contributed by atoms with van der Waals surface area (Å²) in [5.74, 6) is 1.65. The van der Waals surface area contributed by atoms with E-state index in [1.807, 2.05) is 31.7 Å². The normalized spacial score (nSPS) is 12.7. The quantitative estimate of drug-likeness (QED) is 0.790. The largest absolute Gasteiger partial charge is 0.249 e. The summed E-state index contributed by atoms with van der Waals surface area (Å²) >= 11 is 0. The Morgan fingerprint density at radius 3 is 2.42 bits per heavy atom. The molecule has 2 heterocycles. The van der Waals surface area contributed by atoms with E-state index >= 15 is 0 Å². The van der Waals surface area contributed by atoms with Crippen molar-refractivity contribution in [3.8, 4) is 0 Å². The molecule has 0 aliphatic rings. The molecule has 100 valence electrons. The molecular weight excluding hydrogens is 236 g/mol. The van der Waals surface area contributed by atoms with Gasteiger partial charge < -0.3 is 0 Å². The minimum Gasteiger partial charge on any atom is -0.249 e. The molecule has 0 N–H and O–H groups in total. The van der Waals surface area contributed by atoms with Gasteiger partial charge in [-0.2, -0.15) is 0 Å². The molecule has 2 aromatic rings. The van der Waals surface area contributed by atoms with Crippen molar-refractivity contribution in [1.82, 2.24) is 15.0 Å². The van der Waals surface area contributed by atoms with Crippen molar-refractivity contribution in [2.45, 2.75) is 46.1 Å². The molecule has 0 aliphatic heterocycles. The molecule has 1 atom stereocenters. The summed E-state index contributed by atoms with van der Waals surface area (Å²) in [6.07, 6.45) is 9.83. The molecule has 0 spiro atoms. The first-order valence-corrected chi connectivity index (χ1v) is 6.70. The molecule has 0 aromatic carbocycles. The van der Waals surface area contributed by atoms with Gasteiger partial charge in [0, 0.05) is 24.2 Å². The Kier molecular flexibility index (Phi) is 4.20. The van der Waals surface area contributed by atoms with Crippen LogP contribution in [0.1, 0.15) is 49.7 Å². The van der Waals surface area contributed by atoms with Crippen LogP contribution in [0.25, 0.3) is 0 Å². The average molecular weight is 257 g/mol. The highest BCUT2D eigenvalue weighted by atomic mass is 15.0. The van der Waals surface area contributed by atoms with Gasteiger partial charge in [-0.15, -0.1) is 0 Å². The molecule has 19 heavy (non-hydrogen) atoms. The van der Waals surface area contributed by atoms with Crippen molar-refractivity contribution in [1.29, 1.82) is 0 Å². The second-order valence-electron chi connectivity index (χ2n) is 5.30. The number of hydrogen-bond donors (Lipinski definition) is 0. The van der Waals surface area contributed by atoms with Crippen LogP contribution in [0.4, 0.5) is 0 Å². The smallest absolute Gasteiger partial charge is 0.190 e. The first-order valence-electron chi connectivity index (χ1n) is 6.70. The maximum absolute atomic E-state index is 4.39. The summed E-state index contributed by atoms with van der Waals surface area (Å²) in [7, 11) is 0. The molecule has 2 aromatic heterocycles. The molecule has 0 amide bonds. The van der Waals surface area contributed by atoms with Crippen LogP contribution in [0.3, 0.4) is 0 Å². The van der Waals surface area contributed by atoms with Gasteiger partial charge in [0.15, 0.2) is 18.9 Å². The van der Waals surface area contributed by atoms with E-state index in [1.54, 1.807) is 0 Å². The monoisotopic (exact) mass is 257 g/mol. The van der Waals surface area contributed by atoms with E-state index in [1.165, 1.54) is 5.56 Å². The Hall–Kier alpha value is -1.84. The Bertz CT molecular complexity index is 534. The molecule has 1 unspecified atom stereocenters. The number of aryl methyl sites for hydroxylation is 1. The lowest BCUT2D eigenvalue weighted by atomic mass is 10.0. The minimum absolute atomic E-state index is 0.382. The van der Waals surface area contributed by atoms with Gasteiger partial charge in [0.2, 0.25) is 0 Å². The summed E-state index contributed by atoms with van der Waals surface area (Å²) in [6.45, 7) is 9.32. The molecule has 0 aliphatic carbocycles. The fraction of sp³-hybridized carbons (Fsp3) is 0.467. The van der Waals surface area contributed by atoms with Crippen LogP contribution in [-0.2, 0) is 6.54 Å². The van der Waals surface area contributed by atoms with Gasteiger partial charge in [0.25, 0.3) is 0 Å². The van der Waals surface area contributed by atoms with Crippen LogP contribution < -0.4 is 4.57 Å². The number of aromatic nitrogens is 4. The number of nitrogens with zero attached hydrogens (tertiary/aromatic N) is 4. The van der Waals surface area contributed by atoms with E-state index in [2.05, 4.69) is 46.5 Å². The molecule has 4 nitrogen and oxygen atoms in total. The van der Waals surface area contributed by atoms with Gasteiger partial charge in [-0.25, -0.2) is 19.5 Å². The van der Waals surface area contributed by atoms with E-state index in [0.29, 0.717) is 11.8 Å². The van der Waals surface area contributed by atoms with Crippen molar-refractivity contribution in [2.75, 3.05) is 0 Å². The van der Waals surface area contributed by atoms with Crippen LogP contribution in [0, 0.1) is 6.92 Å². The van der Waals surface area contributed by atoms with E-state index in [0.717, 1.165) is 18.1 Å². The zero-order valence-corrected chi connectivity index (χ0v) is 12.0. The van der Waals surface area contributed by atoms with Gasteiger partial charge >= 0.3 is 0 Å². The van der Waals surface area contributed by atoms with E-state index in [-0.39, 0.29) is 0 Å². The molecule has 0 saturated heterocycles. The Balaban J connectivity index is 2.12. The highest BCUT2D eigenvalue weighted by Crippen LogP contribution is 2.13. The van der Waals surface area contributed by atoms with E-state index in [9.17, 15) is 0 Å². The molecule has 0 fully saturated rings. The van der Waals surface area contributed by atoms with E-state index in [4.69, 9.17) is 0 Å². The Morgan fingerprint density at radius 1 is 1.11 bits per heavy atom. The lowest BCUT2D eigenvalue weighted by Crippen LogP contribution is -2.36. The van der Waals surface area contributed by atoms with Gasteiger partial charge in [-0.05, 0) is 12.5 Å². The molecular formula is C15H21N4+. The van der Waals surface area contributed by atoms with Gasteiger partial charge in [-0.1, -0.05) is 20.8 Å². The first-order chi connectivity index (χ1) is 9.06. The van der Waals surface area contributed by atoms with Crippen LogP contribution in [0.5, 0.6) is 0 Å². The zero-order chi connectivity index (χ0) is 13.8. The van der Waals surface area contributed by atoms with Gasteiger partial charge in [0.1, 0.15) is 11.5 Å². The van der Waals surface area contributed by atoms with Crippen molar-refractivity contribution in [2.24, 2.45) is 0 Å². The lowest BCUT2D eigenvalue weighted by Gasteiger charge is -2.09. The Labute approximate surface area is 114 Å². The SMILES string of the molecule is Cc1ncc(C(C)C[n+]2ccnc(C(C)C)c2)cn1. The second-order valence-corrected chi connectivity index (χ2v) is 5.30. The highest BCUT2D eigenvalue weighted by molar-refractivity contribution is 5.09. The fourth-order valence-corrected chi connectivity index (χ4v) is 1.94. The van der Waals surface area contributed by atoms with Gasteiger partial charge in [-0.3, -0.25) is 0 Å². The molecule has 2 rings (SSSR count). The lowest BCUT2D eigenvalue weighted by molar-refractivity contribution is -0.700. The topological polar surface area (TPSA) is 42.5 Å². The summed E-state index contributed by atoms with van der Waals surface area (Å²) < 4.78 is 2.19. The number of rotatable bonds is 4. The van der Waals surface area contributed by atoms with Crippen molar-refractivity contribution in [3.05, 3.63) is 48.1 Å². The summed E-state index contributed by atoms with van der Waals surface area (Å²) in [5, 5.41) is 0. The number of hydrogen-bond acceptors (Lipinski definition) is 3. The Morgan fingerprint density at radius 2 is 1.79 bits per heavy atom. The van der Waals surface area contributed by atoms with Crippen LogP contribution in [0.15, 0.2) is 31.0 Å². The standard InChI is InChI=1S/C15H21N4/c1-11(2)15-10-19(6-5-16-15)9-12(3)14-7-17-13(4)18-8-14/h5-8,10-12H,9H2,1-4H3/q+1. The van der Waals surface area contributed by atoms with Crippen molar-refractivity contribution >= 4 is 0 Å². The molecule has 0 radical (unpaired) electrons. The van der Waals surface area contributed by atoms with Crippen molar-refractivity contribution in [3.63, 3.8) is 0 Å². The van der Waals surface area contributed by atoms with Crippen LogP contribution in [0.2, 0.25) is 0 Å². The average Bonchev–Trinajstić information content (AvgIpc) is 2.39. The maximum Gasteiger partial charge on any atom is 0.190 e. The zero-order valence-electron chi connectivity index (χ0n) is 12.0. The highest BCUT2D eigenvalue weighted by Gasteiger charge is 2.14. The van der Waals surface area contributed by atoms with Crippen LogP contribution in [-0.4, -0.2) is 15.0 Å². The molecule has 4 heteroatoms. The van der Waals surface area contributed by atoms with Gasteiger partial charge in [0.05, 0.1) is 6.20 Å². The maximum atomic E-state index is 4.39. The van der Waals surface area contributed by atoms with Crippen molar-refractivity contribution < 1.29 is 4.57 Å².